The molecule has 1 aromatic carbocycles. The van der Waals surface area contributed by atoms with Crippen LogP contribution < -0.4 is 5.32 Å². The number of nitrogens with one attached hydrogen (secondary N) is 1. The molecule has 1 amide bonds. The molecule has 1 aromatic heterocycles. The van der Waals surface area contributed by atoms with E-state index < -0.39 is 6.10 Å². The van der Waals surface area contributed by atoms with E-state index in [1.807, 2.05) is 24.3 Å². The van der Waals surface area contributed by atoms with Crippen LogP contribution in [-0.2, 0) is 4.79 Å². The molecule has 5 nitrogen and oxygen atoms in total. The monoisotopic (exact) mass is 277 g/mol. The standard InChI is InChI=1S/C13H15N3O2S/c1-9(17)6-14-12(18)8-19-13-11-5-3-2-4-10(11)7-15-16-13/h2-5,7,9,17H,6,8H2,1H3,(H,14,18)/t9-/m0/s1. The first-order valence-corrected chi connectivity index (χ1v) is 6.93. The van der Waals surface area contributed by atoms with Crippen molar-refractivity contribution in [2.75, 3.05) is 12.3 Å². The molecule has 0 saturated carbocycles. The highest BCUT2D eigenvalue weighted by Crippen LogP contribution is 2.24. The van der Waals surface area contributed by atoms with Crippen molar-refractivity contribution in [1.82, 2.24) is 15.5 Å². The van der Waals surface area contributed by atoms with Gasteiger partial charge in [-0.05, 0) is 6.92 Å². The Morgan fingerprint density at radius 1 is 1.47 bits per heavy atom. The second-order valence-electron chi connectivity index (χ2n) is 4.18. The van der Waals surface area contributed by atoms with Gasteiger partial charge in [0.25, 0.3) is 0 Å². The predicted molar refractivity (Wildman–Crippen MR) is 75.0 cm³/mol. The van der Waals surface area contributed by atoms with Crippen LogP contribution in [0, 0.1) is 0 Å². The lowest BCUT2D eigenvalue weighted by atomic mass is 10.2. The highest BCUT2D eigenvalue weighted by atomic mass is 32.2. The van der Waals surface area contributed by atoms with Gasteiger partial charge in [0.15, 0.2) is 0 Å². The Morgan fingerprint density at radius 2 is 2.26 bits per heavy atom. The molecule has 0 aliphatic rings. The highest BCUT2D eigenvalue weighted by Gasteiger charge is 2.08. The lowest BCUT2D eigenvalue weighted by Crippen LogP contribution is -2.31. The maximum atomic E-state index is 11.6. The minimum atomic E-state index is -0.536. The van der Waals surface area contributed by atoms with Gasteiger partial charge in [-0.3, -0.25) is 4.79 Å². The maximum absolute atomic E-state index is 11.6. The summed E-state index contributed by atoms with van der Waals surface area (Å²) in [6, 6.07) is 7.79. The Morgan fingerprint density at radius 3 is 3.05 bits per heavy atom. The van der Waals surface area contributed by atoms with E-state index in [1.165, 1.54) is 11.8 Å². The van der Waals surface area contributed by atoms with E-state index in [0.717, 1.165) is 15.8 Å². The molecular formula is C13H15N3O2S. The van der Waals surface area contributed by atoms with Gasteiger partial charge in [0.2, 0.25) is 5.91 Å². The molecule has 100 valence electrons. The van der Waals surface area contributed by atoms with Crippen molar-refractivity contribution < 1.29 is 9.90 Å². The van der Waals surface area contributed by atoms with E-state index in [9.17, 15) is 4.79 Å². The zero-order valence-corrected chi connectivity index (χ0v) is 11.4. The molecule has 0 unspecified atom stereocenters. The maximum Gasteiger partial charge on any atom is 0.230 e. The number of hydrogen-bond acceptors (Lipinski definition) is 5. The molecule has 0 spiro atoms. The third-order valence-electron chi connectivity index (χ3n) is 2.47. The van der Waals surface area contributed by atoms with Crippen LogP contribution in [0.4, 0.5) is 0 Å². The zero-order valence-electron chi connectivity index (χ0n) is 10.5. The summed E-state index contributed by atoms with van der Waals surface area (Å²) in [5.74, 6) is 0.135. The fraction of sp³-hybridized carbons (Fsp3) is 0.308. The largest absolute Gasteiger partial charge is 0.392 e. The van der Waals surface area contributed by atoms with Crippen molar-refractivity contribution in [3.05, 3.63) is 30.5 Å². The number of aliphatic hydroxyl groups excluding tert-OH is 1. The molecule has 0 saturated heterocycles. The number of rotatable bonds is 5. The Balaban J connectivity index is 2.00. The van der Waals surface area contributed by atoms with Crippen LogP contribution >= 0.6 is 11.8 Å². The van der Waals surface area contributed by atoms with Gasteiger partial charge < -0.3 is 10.4 Å². The minimum absolute atomic E-state index is 0.124. The Hall–Kier alpha value is -1.66. The first-order valence-electron chi connectivity index (χ1n) is 5.95. The lowest BCUT2D eigenvalue weighted by molar-refractivity contribution is -0.118. The summed E-state index contributed by atoms with van der Waals surface area (Å²) in [5, 5.41) is 22.4. The molecule has 0 radical (unpaired) electrons. The van der Waals surface area contributed by atoms with Crippen LogP contribution in [0.25, 0.3) is 10.8 Å². The predicted octanol–water partition coefficient (Wildman–Crippen LogP) is 1.22. The molecule has 2 rings (SSSR count). The van der Waals surface area contributed by atoms with Crippen LogP contribution in [-0.4, -0.2) is 39.6 Å². The molecule has 1 heterocycles. The number of hydrogen-bond donors (Lipinski definition) is 2. The number of benzene rings is 1. The third-order valence-corrected chi connectivity index (χ3v) is 3.45. The van der Waals surface area contributed by atoms with Crippen molar-refractivity contribution in [2.24, 2.45) is 0 Å². The highest BCUT2D eigenvalue weighted by molar-refractivity contribution is 8.00. The summed E-state index contributed by atoms with van der Waals surface area (Å²) >= 11 is 1.34. The van der Waals surface area contributed by atoms with Crippen LogP contribution in [0.1, 0.15) is 6.92 Å². The molecule has 2 N–H and O–H groups in total. The number of carbonyl (C=O) groups excluding carboxylic acids is 1. The fourth-order valence-electron chi connectivity index (χ4n) is 1.55. The van der Waals surface area contributed by atoms with Gasteiger partial charge in [0.1, 0.15) is 5.03 Å². The Bertz CT molecular complexity index is 569. The second-order valence-corrected chi connectivity index (χ2v) is 5.14. The van der Waals surface area contributed by atoms with Gasteiger partial charge >= 0.3 is 0 Å². The van der Waals surface area contributed by atoms with Crippen LogP contribution in [0.3, 0.4) is 0 Å². The molecule has 2 aromatic rings. The second kappa shape index (κ2) is 6.49. The molecule has 0 fully saturated rings. The first kappa shape index (κ1) is 13.8. The minimum Gasteiger partial charge on any atom is -0.392 e. The van der Waals surface area contributed by atoms with E-state index in [-0.39, 0.29) is 18.2 Å². The summed E-state index contributed by atoms with van der Waals surface area (Å²) in [5.41, 5.74) is 0. The summed E-state index contributed by atoms with van der Waals surface area (Å²) in [6.07, 6.45) is 1.17. The summed E-state index contributed by atoms with van der Waals surface area (Å²) < 4.78 is 0. The van der Waals surface area contributed by atoms with Gasteiger partial charge in [-0.15, -0.1) is 5.10 Å². The zero-order chi connectivity index (χ0) is 13.7. The average molecular weight is 277 g/mol. The van der Waals surface area contributed by atoms with Gasteiger partial charge in [-0.1, -0.05) is 36.0 Å². The van der Waals surface area contributed by atoms with Crippen molar-refractivity contribution in [2.45, 2.75) is 18.1 Å². The number of fused-ring (bicyclic) bond motifs is 1. The molecular weight excluding hydrogens is 262 g/mol. The van der Waals surface area contributed by atoms with E-state index in [2.05, 4.69) is 15.5 Å². The summed E-state index contributed by atoms with van der Waals surface area (Å²) in [7, 11) is 0. The number of carbonyl (C=O) groups is 1. The number of aliphatic hydroxyl groups is 1. The quantitative estimate of drug-likeness (QED) is 0.804. The van der Waals surface area contributed by atoms with Gasteiger partial charge in [-0.2, -0.15) is 5.10 Å². The van der Waals surface area contributed by atoms with Gasteiger partial charge in [0, 0.05) is 17.3 Å². The molecule has 6 heteroatoms. The fourth-order valence-corrected chi connectivity index (χ4v) is 2.37. The van der Waals surface area contributed by atoms with E-state index in [0.29, 0.717) is 0 Å². The van der Waals surface area contributed by atoms with Gasteiger partial charge in [-0.25, -0.2) is 0 Å². The van der Waals surface area contributed by atoms with Crippen molar-refractivity contribution in [3.63, 3.8) is 0 Å². The van der Waals surface area contributed by atoms with Crippen LogP contribution in [0.5, 0.6) is 0 Å². The van der Waals surface area contributed by atoms with Crippen molar-refractivity contribution >= 4 is 28.4 Å². The SMILES string of the molecule is C[C@H](O)CNC(=O)CSc1nncc2ccccc12. The number of aromatic nitrogens is 2. The molecule has 1 atom stereocenters. The summed E-state index contributed by atoms with van der Waals surface area (Å²) in [6.45, 7) is 1.89. The molecule has 0 bridgehead atoms. The van der Waals surface area contributed by atoms with E-state index in [4.69, 9.17) is 5.11 Å². The summed E-state index contributed by atoms with van der Waals surface area (Å²) in [4.78, 5) is 11.6. The number of nitrogens with zero attached hydrogens (tertiary/aromatic N) is 2. The first-order chi connectivity index (χ1) is 9.16. The molecule has 0 aliphatic heterocycles. The van der Waals surface area contributed by atoms with Crippen molar-refractivity contribution in [1.29, 1.82) is 0 Å². The van der Waals surface area contributed by atoms with E-state index in [1.54, 1.807) is 13.1 Å². The normalized spacial score (nSPS) is 12.3. The van der Waals surface area contributed by atoms with Crippen LogP contribution in [0.15, 0.2) is 35.5 Å². The molecule has 19 heavy (non-hydrogen) atoms. The third kappa shape index (κ3) is 3.90. The van der Waals surface area contributed by atoms with Crippen molar-refractivity contribution in [3.8, 4) is 0 Å². The Labute approximate surface area is 115 Å². The average Bonchev–Trinajstić information content (AvgIpc) is 2.42. The smallest absolute Gasteiger partial charge is 0.230 e. The van der Waals surface area contributed by atoms with E-state index >= 15 is 0 Å². The topological polar surface area (TPSA) is 75.1 Å². The number of amides is 1. The van der Waals surface area contributed by atoms with Crippen LogP contribution in [0.2, 0.25) is 0 Å². The molecule has 0 aliphatic carbocycles. The lowest BCUT2D eigenvalue weighted by Gasteiger charge is -2.07. The van der Waals surface area contributed by atoms with Gasteiger partial charge in [0.05, 0.1) is 18.1 Å². The number of thioether (sulfide) groups is 1. The Kier molecular flexibility index (Phi) is 4.70.